The van der Waals surface area contributed by atoms with E-state index in [1.165, 1.54) is 13.3 Å². The predicted octanol–water partition coefficient (Wildman–Crippen LogP) is 5.38. The molecule has 4 heterocycles. The maximum Gasteiger partial charge on any atom is 0.165 e. The van der Waals surface area contributed by atoms with Gasteiger partial charge in [-0.1, -0.05) is 19.6 Å². The number of piperazine rings is 1. The van der Waals surface area contributed by atoms with Gasteiger partial charge in [0.05, 0.1) is 28.8 Å². The normalized spacial score (nSPS) is 20.2. The molecule has 0 aliphatic carbocycles. The highest BCUT2D eigenvalue weighted by molar-refractivity contribution is 6.00. The number of allylic oxidation sites excluding steroid dienone is 6. The standard InChI is InChI=1S/C29H35F2N7O/c1-5-37-12-14-38(15-13-37)23-8-11-27(32-17-23)36-29-28(21(4)39)26(33-18-34-29)10-7-22-16-25(31)20(3)35-19(2)6-9-24(22)30/h6,8,11,16-18,35H,3,5,7,9-10,12-15H2,1-2,4H3,(H,32,33,34,36)/b19-6-,24-22+,25-16?. The SMILES string of the molecule is C=C1N/C(C)=C\C/C(F)=C(/CCc2ncnc(Nc3ccc(N4CCN(CC)CC4)cn3)c2C(C)=O)C=C1F. The highest BCUT2D eigenvalue weighted by atomic mass is 19.1. The van der Waals surface area contributed by atoms with E-state index < -0.39 is 11.7 Å². The van der Waals surface area contributed by atoms with Gasteiger partial charge >= 0.3 is 0 Å². The number of aryl methyl sites for hydroxylation is 1. The monoisotopic (exact) mass is 535 g/mol. The summed E-state index contributed by atoms with van der Waals surface area (Å²) in [7, 11) is 0. The molecule has 0 spiro atoms. The van der Waals surface area contributed by atoms with Crippen LogP contribution in [0.15, 0.2) is 72.0 Å². The van der Waals surface area contributed by atoms with Crippen LogP contribution >= 0.6 is 0 Å². The number of halogens is 2. The largest absolute Gasteiger partial charge is 0.368 e. The first kappa shape index (κ1) is 28.1. The summed E-state index contributed by atoms with van der Waals surface area (Å²) in [6.07, 6.45) is 6.35. The lowest BCUT2D eigenvalue weighted by atomic mass is 10.0. The Kier molecular flexibility index (Phi) is 9.19. The van der Waals surface area contributed by atoms with Gasteiger partial charge in [-0.3, -0.25) is 4.79 Å². The van der Waals surface area contributed by atoms with Gasteiger partial charge in [0.15, 0.2) is 5.78 Å². The first-order chi connectivity index (χ1) is 18.7. The number of pyridine rings is 1. The lowest BCUT2D eigenvalue weighted by molar-refractivity contribution is 0.101. The molecule has 0 saturated carbocycles. The molecule has 2 aliphatic heterocycles. The van der Waals surface area contributed by atoms with Crippen LogP contribution in [0.4, 0.5) is 26.1 Å². The highest BCUT2D eigenvalue weighted by Gasteiger charge is 2.19. The van der Waals surface area contributed by atoms with Gasteiger partial charge in [0, 0.05) is 38.3 Å². The molecule has 2 N–H and O–H groups in total. The average molecular weight is 536 g/mol. The fourth-order valence-corrected chi connectivity index (χ4v) is 4.67. The van der Waals surface area contributed by atoms with Crippen LogP contribution in [0.1, 0.15) is 49.7 Å². The number of nitrogens with zero attached hydrogens (tertiary/aromatic N) is 5. The summed E-state index contributed by atoms with van der Waals surface area (Å²) in [4.78, 5) is 30.5. The smallest absolute Gasteiger partial charge is 0.165 e. The van der Waals surface area contributed by atoms with Gasteiger partial charge in [-0.25, -0.2) is 23.7 Å². The van der Waals surface area contributed by atoms with Gasteiger partial charge in [0.2, 0.25) is 0 Å². The van der Waals surface area contributed by atoms with E-state index >= 15 is 0 Å². The molecular weight excluding hydrogens is 500 g/mol. The van der Waals surface area contributed by atoms with Crippen LogP contribution in [0.25, 0.3) is 0 Å². The third-order valence-electron chi connectivity index (χ3n) is 6.96. The Labute approximate surface area is 228 Å². The second-order valence-corrected chi connectivity index (χ2v) is 9.67. The molecule has 2 aromatic rings. The van der Waals surface area contributed by atoms with E-state index in [1.54, 1.807) is 13.0 Å². The van der Waals surface area contributed by atoms with Gasteiger partial charge in [0.25, 0.3) is 0 Å². The number of aromatic nitrogens is 3. The third kappa shape index (κ3) is 7.14. The molecule has 0 radical (unpaired) electrons. The number of likely N-dealkylation sites (N-methyl/N-ethyl adjacent to an activating group) is 1. The van der Waals surface area contributed by atoms with Crippen molar-refractivity contribution in [2.24, 2.45) is 0 Å². The van der Waals surface area contributed by atoms with Crippen molar-refractivity contribution in [3.05, 3.63) is 83.3 Å². The minimum Gasteiger partial charge on any atom is -0.368 e. The number of hydrogen-bond acceptors (Lipinski definition) is 8. The zero-order valence-electron chi connectivity index (χ0n) is 22.7. The van der Waals surface area contributed by atoms with Crippen molar-refractivity contribution in [2.45, 2.75) is 40.0 Å². The van der Waals surface area contributed by atoms with Crippen LogP contribution in [0.2, 0.25) is 0 Å². The van der Waals surface area contributed by atoms with Crippen LogP contribution in [-0.2, 0) is 6.42 Å². The summed E-state index contributed by atoms with van der Waals surface area (Å²) in [6, 6.07) is 3.85. The Morgan fingerprint density at radius 2 is 1.90 bits per heavy atom. The molecule has 0 amide bonds. The van der Waals surface area contributed by atoms with Crippen LogP contribution in [-0.4, -0.2) is 58.4 Å². The lowest BCUT2D eigenvalue weighted by Crippen LogP contribution is -2.46. The highest BCUT2D eigenvalue weighted by Crippen LogP contribution is 2.27. The van der Waals surface area contributed by atoms with Gasteiger partial charge in [-0.15, -0.1) is 0 Å². The van der Waals surface area contributed by atoms with Crippen LogP contribution in [0.5, 0.6) is 0 Å². The molecule has 0 bridgehead atoms. The molecule has 0 unspecified atom stereocenters. The summed E-state index contributed by atoms with van der Waals surface area (Å²) in [6.45, 7) is 14.0. The Morgan fingerprint density at radius 3 is 2.56 bits per heavy atom. The zero-order chi connectivity index (χ0) is 27.9. The van der Waals surface area contributed by atoms with Crippen molar-refractivity contribution in [3.8, 4) is 0 Å². The minimum atomic E-state index is -0.645. The molecule has 1 fully saturated rings. The van der Waals surface area contributed by atoms with Crippen LogP contribution in [0, 0.1) is 0 Å². The number of rotatable bonds is 8. The van der Waals surface area contributed by atoms with Gasteiger partial charge < -0.3 is 20.4 Å². The number of carbonyl (C=O) groups is 1. The first-order valence-corrected chi connectivity index (χ1v) is 13.2. The van der Waals surface area contributed by atoms with E-state index in [-0.39, 0.29) is 36.3 Å². The molecule has 0 aromatic carbocycles. The van der Waals surface area contributed by atoms with E-state index in [0.717, 1.165) is 44.5 Å². The summed E-state index contributed by atoms with van der Waals surface area (Å²) in [5.41, 5.74) is 2.67. The summed E-state index contributed by atoms with van der Waals surface area (Å²) < 4.78 is 29.5. The van der Waals surface area contributed by atoms with Crippen LogP contribution < -0.4 is 15.5 Å². The van der Waals surface area contributed by atoms with E-state index in [4.69, 9.17) is 0 Å². The second kappa shape index (κ2) is 12.8. The van der Waals surface area contributed by atoms with E-state index in [2.05, 4.69) is 48.9 Å². The molecule has 39 heavy (non-hydrogen) atoms. The maximum atomic E-state index is 14.9. The van der Waals surface area contributed by atoms with E-state index in [9.17, 15) is 13.6 Å². The maximum absolute atomic E-state index is 14.9. The van der Waals surface area contributed by atoms with Crippen LogP contribution in [0.3, 0.4) is 0 Å². The lowest BCUT2D eigenvalue weighted by Gasteiger charge is -2.35. The molecular formula is C29H35F2N7O. The van der Waals surface area contributed by atoms with Crippen molar-refractivity contribution in [2.75, 3.05) is 42.9 Å². The number of ketones is 1. The van der Waals surface area contributed by atoms with E-state index in [0.29, 0.717) is 28.6 Å². The number of nitrogens with one attached hydrogen (secondary N) is 2. The fourth-order valence-electron chi connectivity index (χ4n) is 4.67. The molecule has 2 aromatic heterocycles. The van der Waals surface area contributed by atoms with Crippen molar-refractivity contribution in [3.63, 3.8) is 0 Å². The number of anilines is 3. The summed E-state index contributed by atoms with van der Waals surface area (Å²) >= 11 is 0. The van der Waals surface area contributed by atoms with Crippen molar-refractivity contribution in [1.29, 1.82) is 0 Å². The predicted molar refractivity (Wildman–Crippen MR) is 150 cm³/mol. The van der Waals surface area contributed by atoms with E-state index in [1.807, 2.05) is 18.3 Å². The van der Waals surface area contributed by atoms with Crippen molar-refractivity contribution < 1.29 is 13.6 Å². The molecule has 206 valence electrons. The Hall–Kier alpha value is -3.92. The molecule has 4 rings (SSSR count). The zero-order valence-corrected chi connectivity index (χ0v) is 22.7. The van der Waals surface area contributed by atoms with Crippen molar-refractivity contribution >= 4 is 23.1 Å². The Morgan fingerprint density at radius 1 is 1.13 bits per heavy atom. The molecule has 8 nitrogen and oxygen atoms in total. The molecule has 1 saturated heterocycles. The average Bonchev–Trinajstić information content (AvgIpc) is 2.97. The molecule has 2 aliphatic rings. The quantitative estimate of drug-likeness (QED) is 0.436. The van der Waals surface area contributed by atoms with Gasteiger partial charge in [0.1, 0.15) is 29.6 Å². The number of hydrogen-bond donors (Lipinski definition) is 2. The second-order valence-electron chi connectivity index (χ2n) is 9.67. The molecule has 0 atom stereocenters. The fraction of sp³-hybridized carbons (Fsp3) is 0.379. The van der Waals surface area contributed by atoms with Gasteiger partial charge in [-0.05, 0) is 57.0 Å². The molecule has 10 heteroatoms. The number of Topliss-reactive ketones (excluding diaryl/α,β-unsaturated/α-hetero) is 1. The minimum absolute atomic E-state index is 0.0251. The Bertz CT molecular complexity index is 1310. The topological polar surface area (TPSA) is 86.3 Å². The number of carbonyl (C=O) groups excluding carboxylic acids is 1. The summed E-state index contributed by atoms with van der Waals surface area (Å²) in [5.74, 6) is -0.459. The van der Waals surface area contributed by atoms with Gasteiger partial charge in [-0.2, -0.15) is 0 Å². The first-order valence-electron chi connectivity index (χ1n) is 13.2. The Balaban J connectivity index is 1.51. The summed E-state index contributed by atoms with van der Waals surface area (Å²) in [5, 5.41) is 5.95. The third-order valence-corrected chi connectivity index (χ3v) is 6.96. The van der Waals surface area contributed by atoms with Crippen molar-refractivity contribution in [1.82, 2.24) is 25.2 Å².